The quantitative estimate of drug-likeness (QED) is 0.470. The van der Waals surface area contributed by atoms with Crippen LogP contribution in [-0.4, -0.2) is 23.3 Å². The highest BCUT2D eigenvalue weighted by atomic mass is 32.2. The number of esters is 1. The first kappa shape index (κ1) is 13.9. The van der Waals surface area contributed by atoms with E-state index < -0.39 is 5.97 Å². The van der Waals surface area contributed by atoms with Crippen molar-refractivity contribution in [1.82, 2.24) is 4.98 Å². The molecular weight excluding hydrogens is 260 g/mol. The topological polar surface area (TPSA) is 43.5 Å². The van der Waals surface area contributed by atoms with E-state index in [0.29, 0.717) is 12.3 Å². The van der Waals surface area contributed by atoms with Gasteiger partial charge in [0.15, 0.2) is 5.69 Å². The third kappa shape index (κ3) is 2.74. The molecule has 19 heavy (non-hydrogen) atoms. The molecule has 1 aliphatic carbocycles. The number of carbonyl (C=O) groups is 1. The molecule has 0 aliphatic heterocycles. The summed E-state index contributed by atoms with van der Waals surface area (Å²) in [7, 11) is 0. The lowest BCUT2D eigenvalue weighted by Gasteiger charge is -2.09. The highest BCUT2D eigenvalue weighted by Crippen LogP contribution is 2.50. The van der Waals surface area contributed by atoms with Crippen LogP contribution in [0, 0.1) is 6.57 Å². The number of hydrogen-bond acceptors (Lipinski definition) is 4. The van der Waals surface area contributed by atoms with Crippen molar-refractivity contribution in [3.63, 3.8) is 0 Å². The Kier molecular flexibility index (Phi) is 4.11. The minimum absolute atomic E-state index is 0.338. The largest absolute Gasteiger partial charge is 0.461 e. The van der Waals surface area contributed by atoms with Gasteiger partial charge in [0.05, 0.1) is 12.2 Å². The number of rotatable bonds is 5. The van der Waals surface area contributed by atoms with Crippen molar-refractivity contribution >= 4 is 17.7 Å². The second kappa shape index (κ2) is 5.62. The second-order valence-corrected chi connectivity index (χ2v) is 5.67. The van der Waals surface area contributed by atoms with Crippen LogP contribution in [-0.2, 0) is 10.3 Å². The Bertz CT molecular complexity index is 533. The Morgan fingerprint density at radius 1 is 1.58 bits per heavy atom. The SMILES string of the molecule is [C-]#[N+]C1(c2cnc(C(=O)OCC)c(SCC)c2)CC1. The Morgan fingerprint density at radius 3 is 2.84 bits per heavy atom. The summed E-state index contributed by atoms with van der Waals surface area (Å²) in [6.07, 6.45) is 3.41. The number of pyridine rings is 1. The molecule has 1 aliphatic rings. The monoisotopic (exact) mass is 276 g/mol. The molecule has 0 radical (unpaired) electrons. The number of thioether (sulfide) groups is 1. The molecule has 1 heterocycles. The molecule has 1 saturated carbocycles. The summed E-state index contributed by atoms with van der Waals surface area (Å²) in [6.45, 7) is 11.4. The molecule has 0 atom stereocenters. The lowest BCUT2D eigenvalue weighted by atomic mass is 10.1. The number of aromatic nitrogens is 1. The fourth-order valence-corrected chi connectivity index (χ4v) is 2.69. The van der Waals surface area contributed by atoms with Gasteiger partial charge in [-0.25, -0.2) is 16.4 Å². The number of hydrogen-bond donors (Lipinski definition) is 0. The lowest BCUT2D eigenvalue weighted by molar-refractivity contribution is 0.0515. The smallest absolute Gasteiger partial charge is 0.358 e. The summed E-state index contributed by atoms with van der Waals surface area (Å²) in [4.78, 5) is 20.6. The minimum atomic E-state index is -0.391. The minimum Gasteiger partial charge on any atom is -0.461 e. The van der Waals surface area contributed by atoms with Crippen molar-refractivity contribution in [2.24, 2.45) is 0 Å². The highest BCUT2D eigenvalue weighted by molar-refractivity contribution is 7.99. The van der Waals surface area contributed by atoms with Crippen LogP contribution in [0.2, 0.25) is 0 Å². The zero-order valence-electron chi connectivity index (χ0n) is 11.1. The summed E-state index contributed by atoms with van der Waals surface area (Å²) in [5.74, 6) is 0.459. The summed E-state index contributed by atoms with van der Waals surface area (Å²) >= 11 is 1.56. The van der Waals surface area contributed by atoms with Gasteiger partial charge in [-0.05, 0) is 18.7 Å². The molecule has 1 fully saturated rings. The van der Waals surface area contributed by atoms with Crippen molar-refractivity contribution in [2.45, 2.75) is 37.1 Å². The maximum Gasteiger partial charge on any atom is 0.358 e. The first-order chi connectivity index (χ1) is 9.16. The first-order valence-electron chi connectivity index (χ1n) is 6.36. The molecule has 0 aromatic carbocycles. The van der Waals surface area contributed by atoms with Crippen LogP contribution in [0.1, 0.15) is 42.7 Å². The average molecular weight is 276 g/mol. The molecule has 1 aromatic heterocycles. The number of carbonyl (C=O) groups excluding carboxylic acids is 1. The van der Waals surface area contributed by atoms with Gasteiger partial charge in [-0.1, -0.05) is 6.92 Å². The number of nitrogens with zero attached hydrogens (tertiary/aromatic N) is 2. The van der Waals surface area contributed by atoms with E-state index in [1.807, 2.05) is 13.0 Å². The maximum atomic E-state index is 11.8. The molecule has 0 amide bonds. The van der Waals surface area contributed by atoms with Crippen LogP contribution in [0.25, 0.3) is 4.85 Å². The van der Waals surface area contributed by atoms with E-state index in [4.69, 9.17) is 11.3 Å². The van der Waals surface area contributed by atoms with Gasteiger partial charge in [-0.3, -0.25) is 0 Å². The summed E-state index contributed by atoms with van der Waals surface area (Å²) in [5, 5.41) is 0. The highest BCUT2D eigenvalue weighted by Gasteiger charge is 2.53. The fraction of sp³-hybridized carbons (Fsp3) is 0.500. The Balaban J connectivity index is 2.36. The van der Waals surface area contributed by atoms with E-state index >= 15 is 0 Å². The predicted molar refractivity (Wildman–Crippen MR) is 74.1 cm³/mol. The van der Waals surface area contributed by atoms with Crippen LogP contribution < -0.4 is 0 Å². The molecule has 0 bridgehead atoms. The van der Waals surface area contributed by atoms with Crippen molar-refractivity contribution in [3.8, 4) is 0 Å². The van der Waals surface area contributed by atoms with Gasteiger partial charge in [0, 0.05) is 23.9 Å². The van der Waals surface area contributed by atoms with Crippen molar-refractivity contribution < 1.29 is 9.53 Å². The van der Waals surface area contributed by atoms with Gasteiger partial charge in [0.2, 0.25) is 0 Å². The zero-order valence-corrected chi connectivity index (χ0v) is 11.9. The molecule has 0 saturated heterocycles. The molecule has 100 valence electrons. The summed E-state index contributed by atoms with van der Waals surface area (Å²) in [6, 6.07) is 1.93. The third-order valence-corrected chi connectivity index (χ3v) is 4.01. The van der Waals surface area contributed by atoms with Gasteiger partial charge in [0.1, 0.15) is 0 Å². The Labute approximate surface area is 117 Å². The van der Waals surface area contributed by atoms with Crippen LogP contribution in [0.15, 0.2) is 17.2 Å². The second-order valence-electron chi connectivity index (χ2n) is 4.37. The van der Waals surface area contributed by atoms with Gasteiger partial charge in [0.25, 0.3) is 5.54 Å². The standard InChI is InChI=1S/C14H16N2O2S/c1-4-18-13(17)12-11(19-5-2)8-10(9-16-12)14(15-3)6-7-14/h8-9H,4-7H2,1-2H3. The molecule has 0 N–H and O–H groups in total. The lowest BCUT2D eigenvalue weighted by Crippen LogP contribution is -2.11. The van der Waals surface area contributed by atoms with Crippen LogP contribution in [0.5, 0.6) is 0 Å². The van der Waals surface area contributed by atoms with E-state index in [-0.39, 0.29) is 5.54 Å². The van der Waals surface area contributed by atoms with E-state index in [1.165, 1.54) is 0 Å². The van der Waals surface area contributed by atoms with Gasteiger partial charge in [-0.2, -0.15) is 0 Å². The Hall–Kier alpha value is -1.54. The predicted octanol–water partition coefficient (Wildman–Crippen LogP) is 3.28. The third-order valence-electron chi connectivity index (χ3n) is 3.10. The molecule has 5 heteroatoms. The average Bonchev–Trinajstić information content (AvgIpc) is 3.20. The summed E-state index contributed by atoms with van der Waals surface area (Å²) in [5.41, 5.74) is 0.896. The van der Waals surface area contributed by atoms with Gasteiger partial charge >= 0.3 is 5.97 Å². The summed E-state index contributed by atoms with van der Waals surface area (Å²) < 4.78 is 5.01. The maximum absolute atomic E-state index is 11.8. The molecular formula is C14H16N2O2S. The normalized spacial score (nSPS) is 15.6. The first-order valence-corrected chi connectivity index (χ1v) is 7.34. The van der Waals surface area contributed by atoms with Crippen molar-refractivity contribution in [2.75, 3.05) is 12.4 Å². The molecule has 4 nitrogen and oxygen atoms in total. The van der Waals surface area contributed by atoms with E-state index in [1.54, 1.807) is 24.9 Å². The van der Waals surface area contributed by atoms with Gasteiger partial charge < -0.3 is 9.58 Å². The van der Waals surface area contributed by atoms with Crippen LogP contribution in [0.3, 0.4) is 0 Å². The molecule has 1 aromatic rings. The van der Waals surface area contributed by atoms with Crippen LogP contribution >= 0.6 is 11.8 Å². The molecule has 2 rings (SSSR count). The molecule has 0 unspecified atom stereocenters. The Morgan fingerprint density at radius 2 is 2.32 bits per heavy atom. The number of ether oxygens (including phenoxy) is 1. The zero-order chi connectivity index (χ0) is 13.9. The van der Waals surface area contributed by atoms with Crippen molar-refractivity contribution in [3.05, 3.63) is 34.9 Å². The van der Waals surface area contributed by atoms with Gasteiger partial charge in [-0.15, -0.1) is 11.8 Å². The molecule has 0 spiro atoms. The van der Waals surface area contributed by atoms with E-state index in [0.717, 1.165) is 29.1 Å². The van der Waals surface area contributed by atoms with Crippen molar-refractivity contribution in [1.29, 1.82) is 0 Å². The fourth-order valence-electron chi connectivity index (χ4n) is 1.90. The van der Waals surface area contributed by atoms with E-state index in [2.05, 4.69) is 9.83 Å². The van der Waals surface area contributed by atoms with Crippen LogP contribution in [0.4, 0.5) is 0 Å². The van der Waals surface area contributed by atoms with E-state index in [9.17, 15) is 4.79 Å².